The second kappa shape index (κ2) is 22.5. The van der Waals surface area contributed by atoms with Gasteiger partial charge in [-0.2, -0.15) is 4.98 Å². The molecule has 0 aliphatic carbocycles. The average Bonchev–Trinajstić information content (AvgIpc) is 3.78. The highest BCUT2D eigenvalue weighted by Gasteiger charge is 2.38. The molecule has 18 heteroatoms. The highest BCUT2D eigenvalue weighted by atomic mass is 32.2. The molecule has 0 bridgehead atoms. The Hall–Kier alpha value is -4.03. The molecule has 0 radical (unpaired) electrons. The van der Waals surface area contributed by atoms with E-state index in [1.54, 1.807) is 0 Å². The Bertz CT molecular complexity index is 1740. The molecule has 0 aromatic carbocycles. The topological polar surface area (TPSA) is 216 Å². The second-order valence-electron chi connectivity index (χ2n) is 14.0. The zero-order valence-corrected chi connectivity index (χ0v) is 32.5. The number of hydrogen-bond donors (Lipinski definition) is 3. The Balaban J connectivity index is 1.24. The van der Waals surface area contributed by atoms with E-state index in [4.69, 9.17) is 24.7 Å². The van der Waals surface area contributed by atoms with Gasteiger partial charge in [-0.1, -0.05) is 71.1 Å². The van der Waals surface area contributed by atoms with Crippen LogP contribution in [-0.4, -0.2) is 79.7 Å². The van der Waals surface area contributed by atoms with E-state index in [-0.39, 0.29) is 49.6 Å². The number of nitrogens with one attached hydrogen (secondary N) is 2. The number of aromatic nitrogens is 4. The predicted octanol–water partition coefficient (Wildman–Crippen LogP) is 3.95. The Morgan fingerprint density at radius 3 is 2.36 bits per heavy atom. The number of aryl methyl sites for hydroxylation is 1. The van der Waals surface area contributed by atoms with Crippen molar-refractivity contribution in [3.63, 3.8) is 0 Å². The zero-order chi connectivity index (χ0) is 39.7. The van der Waals surface area contributed by atoms with Crippen molar-refractivity contribution in [2.24, 2.45) is 0 Å². The quantitative estimate of drug-likeness (QED) is 0.107. The fourth-order valence-corrected chi connectivity index (χ4v) is 7.35. The van der Waals surface area contributed by atoms with Crippen molar-refractivity contribution in [1.82, 2.24) is 24.4 Å². The summed E-state index contributed by atoms with van der Waals surface area (Å²) in [7, 11) is 0. The lowest BCUT2D eigenvalue weighted by molar-refractivity contribution is -0.153. The number of nitrogens with zero attached hydrogens (tertiary/aromatic N) is 3. The molecule has 4 heterocycles. The zero-order valence-electron chi connectivity index (χ0n) is 31.7. The van der Waals surface area contributed by atoms with Crippen LogP contribution in [0.4, 0.5) is 10.2 Å². The van der Waals surface area contributed by atoms with Crippen molar-refractivity contribution in [1.29, 1.82) is 0 Å². The fourth-order valence-electron chi connectivity index (χ4n) is 6.36. The first-order chi connectivity index (χ1) is 26.4. The maximum absolute atomic E-state index is 14.8. The summed E-state index contributed by atoms with van der Waals surface area (Å²) in [5.74, 6) is -1.40. The van der Waals surface area contributed by atoms with Gasteiger partial charge in [-0.3, -0.25) is 28.5 Å². The number of halogens is 1. The van der Waals surface area contributed by atoms with Crippen molar-refractivity contribution in [3.05, 3.63) is 55.3 Å². The minimum Gasteiger partial charge on any atom is -0.463 e. The summed E-state index contributed by atoms with van der Waals surface area (Å²) in [5.41, 5.74) is 3.34. The summed E-state index contributed by atoms with van der Waals surface area (Å²) in [5, 5.41) is 2.70. The molecule has 1 unspecified atom stereocenters. The number of H-pyrrole nitrogens is 1. The van der Waals surface area contributed by atoms with Gasteiger partial charge in [-0.05, 0) is 25.8 Å². The molecule has 2 fully saturated rings. The van der Waals surface area contributed by atoms with Gasteiger partial charge >= 0.3 is 23.3 Å². The molecule has 2 aromatic rings. The Labute approximate surface area is 323 Å². The van der Waals surface area contributed by atoms with Crippen molar-refractivity contribution >= 4 is 35.4 Å². The number of alkyl halides is 1. The van der Waals surface area contributed by atoms with Crippen LogP contribution in [0.5, 0.6) is 0 Å². The summed E-state index contributed by atoms with van der Waals surface area (Å²) in [6, 6.07) is 0.304. The van der Waals surface area contributed by atoms with Crippen LogP contribution in [0.15, 0.2) is 32.8 Å². The Kier molecular flexibility index (Phi) is 17.9. The lowest BCUT2D eigenvalue weighted by Crippen LogP contribution is -2.42. The molecule has 4 rings (SSSR count). The molecule has 55 heavy (non-hydrogen) atoms. The SMILES string of the molecule is CCCCCCCCCCCCCC(=O)NC(CCC(=O)OC[C@H]1O[C@@H](n2cc(C)c(=O)[nH]c2=O)C[C@@H]1F)C(=O)OC[C@@H]1O[C@H](n2ccc(N)nc2=O)CS1. The summed E-state index contributed by atoms with van der Waals surface area (Å²) in [6.45, 7) is 3.08. The molecule has 2 aliphatic heterocycles. The van der Waals surface area contributed by atoms with Gasteiger partial charge in [-0.25, -0.2) is 18.8 Å². The monoisotopic (exact) mass is 794 g/mol. The molecule has 0 spiro atoms. The molecule has 16 nitrogen and oxygen atoms in total. The first kappa shape index (κ1) is 43.7. The Morgan fingerprint density at radius 2 is 1.67 bits per heavy atom. The first-order valence-corrected chi connectivity index (χ1v) is 20.3. The molecular formula is C37H55FN6O10S. The lowest BCUT2D eigenvalue weighted by atomic mass is 10.0. The molecule has 0 saturated carbocycles. The molecule has 2 aromatic heterocycles. The lowest BCUT2D eigenvalue weighted by Gasteiger charge is -2.20. The van der Waals surface area contributed by atoms with E-state index >= 15 is 0 Å². The molecule has 306 valence electrons. The van der Waals surface area contributed by atoms with Crippen LogP contribution < -0.4 is 28.0 Å². The number of unbranched alkanes of at least 4 members (excludes halogenated alkanes) is 10. The number of nitrogen functional groups attached to an aromatic ring is 1. The molecule has 4 N–H and O–H groups in total. The fraction of sp³-hybridized carbons (Fsp3) is 0.703. The third-order valence-corrected chi connectivity index (χ3v) is 10.6. The number of esters is 2. The number of anilines is 1. The van der Waals surface area contributed by atoms with Crippen molar-refractivity contribution in [3.8, 4) is 0 Å². The van der Waals surface area contributed by atoms with Crippen molar-refractivity contribution in [2.75, 3.05) is 24.7 Å². The van der Waals surface area contributed by atoms with Gasteiger partial charge in [0, 0.05) is 43.0 Å². The smallest absolute Gasteiger partial charge is 0.351 e. The average molecular weight is 795 g/mol. The van der Waals surface area contributed by atoms with E-state index in [1.165, 1.54) is 86.7 Å². The number of aromatic amines is 1. The third-order valence-electron chi connectivity index (χ3n) is 9.55. The van der Waals surface area contributed by atoms with Gasteiger partial charge in [0.1, 0.15) is 55.2 Å². The van der Waals surface area contributed by atoms with Crippen LogP contribution in [-0.2, 0) is 33.3 Å². The highest BCUT2D eigenvalue weighted by molar-refractivity contribution is 8.00. The van der Waals surface area contributed by atoms with Crippen LogP contribution in [0.3, 0.4) is 0 Å². The van der Waals surface area contributed by atoms with Gasteiger partial charge in [0.2, 0.25) is 5.91 Å². The van der Waals surface area contributed by atoms with E-state index < -0.39 is 71.7 Å². The largest absolute Gasteiger partial charge is 0.463 e. The van der Waals surface area contributed by atoms with E-state index in [1.807, 2.05) is 0 Å². The number of nitrogens with two attached hydrogens (primary N) is 1. The standard InChI is InChI=1S/C37H55FN6O10S/c1-3-4-5-6-7-8-9-10-11-12-13-14-29(45)40-26(35(48)52-22-33-54-31(23-55-33)43-18-17-28(39)41-36(43)49)15-16-32(46)51-21-27-25(38)19-30(53-27)44-20-24(2)34(47)42-37(44)50/h17-18,20,25-27,30-31,33H,3-16,19,21-23H2,1-2H3,(H,40,45)(H2,39,41,49)(H,42,47,50)/t25-,26?,27+,30+,31-,33+/m0/s1. The number of thioether (sulfide) groups is 1. The molecule has 6 atom stereocenters. The first-order valence-electron chi connectivity index (χ1n) is 19.3. The van der Waals surface area contributed by atoms with Crippen LogP contribution >= 0.6 is 11.8 Å². The minimum absolute atomic E-state index is 0.0840. The minimum atomic E-state index is -1.56. The molecule has 2 saturated heterocycles. The van der Waals surface area contributed by atoms with Crippen molar-refractivity contribution < 1.29 is 37.7 Å². The van der Waals surface area contributed by atoms with E-state index in [9.17, 15) is 33.2 Å². The normalized spacial score (nSPS) is 21.3. The van der Waals surface area contributed by atoms with E-state index in [0.717, 1.165) is 23.8 Å². The van der Waals surface area contributed by atoms with Crippen LogP contribution in [0.25, 0.3) is 0 Å². The molecule has 2 aliphatic rings. The number of carbonyl (C=O) groups is 3. The van der Waals surface area contributed by atoms with Gasteiger partial charge in [-0.15, -0.1) is 11.8 Å². The number of hydrogen-bond acceptors (Lipinski definition) is 13. The van der Waals surface area contributed by atoms with Crippen molar-refractivity contribution in [2.45, 2.75) is 146 Å². The number of ether oxygens (including phenoxy) is 4. The summed E-state index contributed by atoms with van der Waals surface area (Å²) >= 11 is 1.33. The second-order valence-corrected chi connectivity index (χ2v) is 15.2. The highest BCUT2D eigenvalue weighted by Crippen LogP contribution is 2.32. The van der Waals surface area contributed by atoms with Gasteiger partial charge in [0.05, 0.1) is 0 Å². The van der Waals surface area contributed by atoms with Crippen LogP contribution in [0.1, 0.15) is 121 Å². The Morgan fingerprint density at radius 1 is 0.982 bits per heavy atom. The van der Waals surface area contributed by atoms with Crippen LogP contribution in [0.2, 0.25) is 0 Å². The maximum atomic E-state index is 14.8. The number of rotatable bonds is 23. The molecule has 1 amide bonds. The van der Waals surface area contributed by atoms with E-state index in [2.05, 4.69) is 22.2 Å². The summed E-state index contributed by atoms with van der Waals surface area (Å²) < 4.78 is 39.5. The van der Waals surface area contributed by atoms with Gasteiger partial charge in [0.15, 0.2) is 0 Å². The van der Waals surface area contributed by atoms with Gasteiger partial charge < -0.3 is 30.0 Å². The van der Waals surface area contributed by atoms with Gasteiger partial charge in [0.25, 0.3) is 5.56 Å². The molecular weight excluding hydrogens is 740 g/mol. The maximum Gasteiger partial charge on any atom is 0.351 e. The predicted molar refractivity (Wildman–Crippen MR) is 203 cm³/mol. The third kappa shape index (κ3) is 14.2. The number of carbonyl (C=O) groups excluding carboxylic acids is 3. The van der Waals surface area contributed by atoms with Crippen LogP contribution in [0, 0.1) is 6.92 Å². The summed E-state index contributed by atoms with van der Waals surface area (Å²) in [4.78, 5) is 81.0. The number of amides is 1. The summed E-state index contributed by atoms with van der Waals surface area (Å²) in [6.07, 6.45) is 10.4. The van der Waals surface area contributed by atoms with E-state index in [0.29, 0.717) is 12.2 Å².